The summed E-state index contributed by atoms with van der Waals surface area (Å²) in [6.45, 7) is 2.21. The van der Waals surface area contributed by atoms with Crippen LogP contribution in [0.25, 0.3) is 0 Å². The molecule has 2 aromatic carbocycles. The molecule has 0 aromatic heterocycles. The fourth-order valence-corrected chi connectivity index (χ4v) is 3.43. The van der Waals surface area contributed by atoms with Crippen LogP contribution in [0.15, 0.2) is 58.8 Å². The molecule has 1 saturated carbocycles. The van der Waals surface area contributed by atoms with E-state index in [1.54, 1.807) is 13.1 Å². The van der Waals surface area contributed by atoms with E-state index in [9.17, 15) is 4.79 Å². The van der Waals surface area contributed by atoms with Gasteiger partial charge < -0.3 is 15.0 Å². The van der Waals surface area contributed by atoms with Gasteiger partial charge in [-0.1, -0.05) is 58.3 Å². The highest BCUT2D eigenvalue weighted by atomic mass is 35.5. The van der Waals surface area contributed by atoms with E-state index in [2.05, 4.69) is 27.8 Å². The Kier molecular flexibility index (Phi) is 6.88. The molecule has 2 atom stereocenters. The average molecular weight is 414 g/mol. The van der Waals surface area contributed by atoms with Gasteiger partial charge in [-0.3, -0.25) is 4.79 Å². The van der Waals surface area contributed by atoms with Crippen LogP contribution in [0.2, 0.25) is 5.02 Å². The normalized spacial score (nSPS) is 18.9. The SMILES string of the molecule is CNC(=O)C(=NOC)c1ccccc1CON=C(C)C1CC1c1ccc(Cl)cc1. The zero-order valence-electron chi connectivity index (χ0n) is 16.7. The summed E-state index contributed by atoms with van der Waals surface area (Å²) < 4.78 is 0. The number of carbonyl (C=O) groups excluding carboxylic acids is 1. The molecule has 0 aliphatic heterocycles. The van der Waals surface area contributed by atoms with E-state index >= 15 is 0 Å². The van der Waals surface area contributed by atoms with Gasteiger partial charge in [0.15, 0.2) is 5.71 Å². The molecule has 0 saturated heterocycles. The summed E-state index contributed by atoms with van der Waals surface area (Å²) in [6, 6.07) is 15.4. The Labute approximate surface area is 175 Å². The number of carbonyl (C=O) groups is 1. The molecule has 0 heterocycles. The van der Waals surface area contributed by atoms with Crippen molar-refractivity contribution < 1.29 is 14.5 Å². The number of oxime groups is 2. The molecule has 0 radical (unpaired) electrons. The molecule has 29 heavy (non-hydrogen) atoms. The van der Waals surface area contributed by atoms with Crippen LogP contribution in [-0.2, 0) is 21.1 Å². The van der Waals surface area contributed by atoms with Crippen molar-refractivity contribution in [1.29, 1.82) is 0 Å². The number of halogens is 1. The topological polar surface area (TPSA) is 72.3 Å². The van der Waals surface area contributed by atoms with Crippen LogP contribution in [0.5, 0.6) is 0 Å². The van der Waals surface area contributed by atoms with Gasteiger partial charge in [0.25, 0.3) is 5.91 Å². The second-order valence-corrected chi connectivity index (χ2v) is 7.30. The minimum absolute atomic E-state index is 0.194. The Bertz CT molecular complexity index is 925. The molecule has 2 unspecified atom stereocenters. The third kappa shape index (κ3) is 5.15. The summed E-state index contributed by atoms with van der Waals surface area (Å²) >= 11 is 5.96. The van der Waals surface area contributed by atoms with Crippen molar-refractivity contribution in [1.82, 2.24) is 5.32 Å². The first-order valence-electron chi connectivity index (χ1n) is 9.38. The Morgan fingerprint density at radius 2 is 1.90 bits per heavy atom. The van der Waals surface area contributed by atoms with Crippen molar-refractivity contribution in [2.75, 3.05) is 14.2 Å². The Balaban J connectivity index is 1.65. The fraction of sp³-hybridized carbons (Fsp3) is 0.318. The lowest BCUT2D eigenvalue weighted by atomic mass is 10.0. The smallest absolute Gasteiger partial charge is 0.273 e. The highest BCUT2D eigenvalue weighted by Gasteiger charge is 2.40. The standard InChI is InChI=1S/C22H24ClN3O3/c1-14(19-12-20(19)15-8-10-17(23)11-9-15)25-29-13-16-6-4-5-7-18(16)21(26-28-3)22(27)24-2/h4-11,19-20H,12-13H2,1-3H3,(H,24,27). The largest absolute Gasteiger partial charge is 0.398 e. The maximum absolute atomic E-state index is 12.1. The van der Waals surface area contributed by atoms with Gasteiger partial charge in [-0.2, -0.15) is 0 Å². The summed E-state index contributed by atoms with van der Waals surface area (Å²) in [6.07, 6.45) is 1.05. The Morgan fingerprint density at radius 1 is 1.17 bits per heavy atom. The molecular formula is C22H24ClN3O3. The zero-order chi connectivity index (χ0) is 20.8. The van der Waals surface area contributed by atoms with Crippen molar-refractivity contribution in [3.8, 4) is 0 Å². The molecule has 1 aliphatic carbocycles. The number of nitrogens with one attached hydrogen (secondary N) is 1. The van der Waals surface area contributed by atoms with Crippen LogP contribution >= 0.6 is 11.6 Å². The number of benzene rings is 2. The molecule has 7 heteroatoms. The van der Waals surface area contributed by atoms with Crippen LogP contribution in [0.1, 0.15) is 36.0 Å². The minimum Gasteiger partial charge on any atom is -0.398 e. The van der Waals surface area contributed by atoms with Gasteiger partial charge in [-0.15, -0.1) is 0 Å². The second-order valence-electron chi connectivity index (χ2n) is 6.87. The summed E-state index contributed by atoms with van der Waals surface area (Å²) in [5, 5.41) is 11.5. The molecule has 1 aliphatic rings. The van der Waals surface area contributed by atoms with Gasteiger partial charge in [0.2, 0.25) is 0 Å². The molecule has 152 valence electrons. The predicted molar refractivity (Wildman–Crippen MR) is 114 cm³/mol. The Morgan fingerprint density at radius 3 is 2.59 bits per heavy atom. The maximum Gasteiger partial charge on any atom is 0.273 e. The molecule has 3 rings (SSSR count). The molecule has 1 amide bonds. The molecule has 0 spiro atoms. The summed E-state index contributed by atoms with van der Waals surface area (Å²) in [5.41, 5.74) is 3.87. The van der Waals surface area contributed by atoms with E-state index in [1.807, 2.05) is 37.3 Å². The van der Waals surface area contributed by atoms with E-state index in [-0.39, 0.29) is 18.2 Å². The van der Waals surface area contributed by atoms with Crippen LogP contribution < -0.4 is 5.32 Å². The molecule has 0 bridgehead atoms. The lowest BCUT2D eigenvalue weighted by Crippen LogP contribution is -2.29. The first-order chi connectivity index (χ1) is 14.0. The summed E-state index contributed by atoms with van der Waals surface area (Å²) in [7, 11) is 2.95. The van der Waals surface area contributed by atoms with E-state index < -0.39 is 0 Å². The van der Waals surface area contributed by atoms with Crippen molar-refractivity contribution in [3.63, 3.8) is 0 Å². The molecular weight excluding hydrogens is 390 g/mol. The van der Waals surface area contributed by atoms with Gasteiger partial charge in [0.1, 0.15) is 13.7 Å². The van der Waals surface area contributed by atoms with Gasteiger partial charge in [-0.25, -0.2) is 0 Å². The number of nitrogens with zero attached hydrogens (tertiary/aromatic N) is 2. The number of hydrogen-bond donors (Lipinski definition) is 1. The molecule has 1 fully saturated rings. The van der Waals surface area contributed by atoms with Crippen molar-refractivity contribution in [3.05, 3.63) is 70.2 Å². The van der Waals surface area contributed by atoms with E-state index in [1.165, 1.54) is 12.7 Å². The third-order valence-corrected chi connectivity index (χ3v) is 5.20. The number of amides is 1. The first-order valence-corrected chi connectivity index (χ1v) is 9.76. The van der Waals surface area contributed by atoms with E-state index in [4.69, 9.17) is 21.3 Å². The van der Waals surface area contributed by atoms with Gasteiger partial charge in [-0.05, 0) is 37.0 Å². The lowest BCUT2D eigenvalue weighted by molar-refractivity contribution is -0.114. The number of likely N-dealkylation sites (N-methyl/N-ethyl adjacent to an activating group) is 1. The zero-order valence-corrected chi connectivity index (χ0v) is 17.4. The summed E-state index contributed by atoms with van der Waals surface area (Å²) in [5.74, 6) is 0.506. The average Bonchev–Trinajstić information content (AvgIpc) is 3.53. The van der Waals surface area contributed by atoms with Crippen molar-refractivity contribution in [2.45, 2.75) is 25.9 Å². The predicted octanol–water partition coefficient (Wildman–Crippen LogP) is 4.13. The van der Waals surface area contributed by atoms with Gasteiger partial charge in [0.05, 0.1) is 5.71 Å². The number of hydrogen-bond acceptors (Lipinski definition) is 5. The minimum atomic E-state index is -0.331. The van der Waals surface area contributed by atoms with E-state index in [0.717, 1.165) is 22.7 Å². The summed E-state index contributed by atoms with van der Waals surface area (Å²) in [4.78, 5) is 22.6. The van der Waals surface area contributed by atoms with Crippen molar-refractivity contribution >= 4 is 28.9 Å². The van der Waals surface area contributed by atoms with E-state index in [0.29, 0.717) is 17.4 Å². The lowest BCUT2D eigenvalue weighted by Gasteiger charge is -2.10. The third-order valence-electron chi connectivity index (χ3n) is 4.95. The van der Waals surface area contributed by atoms with Crippen LogP contribution in [-0.4, -0.2) is 31.5 Å². The molecule has 2 aromatic rings. The Hall–Kier alpha value is -2.86. The second kappa shape index (κ2) is 9.56. The highest BCUT2D eigenvalue weighted by molar-refractivity contribution is 6.45. The fourth-order valence-electron chi connectivity index (χ4n) is 3.31. The maximum atomic E-state index is 12.1. The molecule has 1 N–H and O–H groups in total. The number of rotatable bonds is 8. The van der Waals surface area contributed by atoms with Crippen molar-refractivity contribution in [2.24, 2.45) is 16.2 Å². The highest BCUT2D eigenvalue weighted by Crippen LogP contribution is 2.48. The molecule has 6 nitrogen and oxygen atoms in total. The van der Waals surface area contributed by atoms with Gasteiger partial charge >= 0.3 is 0 Å². The quantitative estimate of drug-likeness (QED) is 0.522. The van der Waals surface area contributed by atoms with Crippen LogP contribution in [0.3, 0.4) is 0 Å². The van der Waals surface area contributed by atoms with Crippen LogP contribution in [0, 0.1) is 5.92 Å². The van der Waals surface area contributed by atoms with Crippen LogP contribution in [0.4, 0.5) is 0 Å². The van der Waals surface area contributed by atoms with Gasteiger partial charge in [0, 0.05) is 29.1 Å². The monoisotopic (exact) mass is 413 g/mol. The first kappa shape index (κ1) is 20.9.